The molecular weight excluding hydrogens is 162 g/mol. The fourth-order valence-corrected chi connectivity index (χ4v) is 1.61. The Kier molecular flexibility index (Phi) is 3.18. The minimum Gasteiger partial charge on any atom is -0.298 e. The Morgan fingerprint density at radius 2 is 2.15 bits per heavy atom. The molecule has 0 saturated heterocycles. The number of nitrogens with zero attached hydrogens (tertiary/aromatic N) is 1. The van der Waals surface area contributed by atoms with E-state index >= 15 is 0 Å². The van der Waals surface area contributed by atoms with Gasteiger partial charge < -0.3 is 0 Å². The molecule has 1 aromatic rings. The number of aldehydes is 1. The maximum Gasteiger partial charge on any atom is 0.151 e. The number of hydrogen-bond donors (Lipinski definition) is 0. The van der Waals surface area contributed by atoms with Gasteiger partial charge in [-0.15, -0.1) is 0 Å². The molecule has 0 aliphatic heterocycles. The first-order valence-corrected chi connectivity index (χ1v) is 4.62. The van der Waals surface area contributed by atoms with Crippen LogP contribution in [0.3, 0.4) is 0 Å². The normalized spacial score (nSPS) is 10.5. The predicted molar refractivity (Wildman–Crippen MR) is 53.1 cm³/mol. The topological polar surface area (TPSA) is 30.0 Å². The molecule has 0 atom stereocenters. The van der Waals surface area contributed by atoms with Gasteiger partial charge in [0.05, 0.1) is 0 Å². The summed E-state index contributed by atoms with van der Waals surface area (Å²) in [7, 11) is 0. The lowest BCUT2D eigenvalue weighted by Crippen LogP contribution is -2.01. The van der Waals surface area contributed by atoms with Gasteiger partial charge in [-0.05, 0) is 23.5 Å². The Labute approximate surface area is 79.0 Å². The molecule has 0 spiro atoms. The van der Waals surface area contributed by atoms with Crippen LogP contribution in [-0.2, 0) is 6.42 Å². The van der Waals surface area contributed by atoms with Crippen molar-refractivity contribution in [2.75, 3.05) is 0 Å². The van der Waals surface area contributed by atoms with Gasteiger partial charge in [0.2, 0.25) is 0 Å². The average Bonchev–Trinajstić information content (AvgIpc) is 2.16. The number of carbonyl (C=O) groups excluding carboxylic acids is 1. The zero-order valence-electron chi connectivity index (χ0n) is 8.37. The first kappa shape index (κ1) is 9.90. The van der Waals surface area contributed by atoms with Crippen LogP contribution in [-0.4, -0.2) is 11.3 Å². The minimum atomic E-state index is 0.387. The number of aromatic nitrogens is 1. The van der Waals surface area contributed by atoms with E-state index in [1.165, 1.54) is 5.56 Å². The van der Waals surface area contributed by atoms with Gasteiger partial charge in [-0.2, -0.15) is 0 Å². The molecule has 0 radical (unpaired) electrons. The van der Waals surface area contributed by atoms with Gasteiger partial charge in [-0.3, -0.25) is 9.78 Å². The minimum absolute atomic E-state index is 0.387. The summed E-state index contributed by atoms with van der Waals surface area (Å²) in [6.07, 6.45) is 5.31. The predicted octanol–water partition coefficient (Wildman–Crippen LogP) is 2.58. The summed E-state index contributed by atoms with van der Waals surface area (Å²) in [5.74, 6) is 0.387. The maximum absolute atomic E-state index is 10.8. The summed E-state index contributed by atoms with van der Waals surface area (Å²) in [4.78, 5) is 14.8. The standard InChI is InChI=1S/C11H15NO/c1-4-9-5-12-6-10(7-13)11(9)8(2)3/h5-8H,4H2,1-3H3. The Morgan fingerprint density at radius 1 is 1.46 bits per heavy atom. The number of hydrogen-bond acceptors (Lipinski definition) is 2. The highest BCUT2D eigenvalue weighted by atomic mass is 16.1. The van der Waals surface area contributed by atoms with Crippen LogP contribution in [0.4, 0.5) is 0 Å². The fraction of sp³-hybridized carbons (Fsp3) is 0.455. The van der Waals surface area contributed by atoms with E-state index in [0.29, 0.717) is 5.92 Å². The van der Waals surface area contributed by atoms with E-state index in [1.54, 1.807) is 6.20 Å². The van der Waals surface area contributed by atoms with Crippen molar-refractivity contribution in [3.05, 3.63) is 29.1 Å². The summed E-state index contributed by atoms with van der Waals surface area (Å²) in [6.45, 7) is 6.28. The first-order valence-electron chi connectivity index (χ1n) is 4.62. The molecule has 70 valence electrons. The average molecular weight is 177 g/mol. The lowest BCUT2D eigenvalue weighted by atomic mass is 9.93. The van der Waals surface area contributed by atoms with E-state index < -0.39 is 0 Å². The number of rotatable bonds is 3. The van der Waals surface area contributed by atoms with Crippen molar-refractivity contribution >= 4 is 6.29 Å². The molecule has 0 aliphatic rings. The summed E-state index contributed by atoms with van der Waals surface area (Å²) in [5, 5.41) is 0. The monoisotopic (exact) mass is 177 g/mol. The van der Waals surface area contributed by atoms with Crippen LogP contribution in [0.2, 0.25) is 0 Å². The number of pyridine rings is 1. The highest BCUT2D eigenvalue weighted by Crippen LogP contribution is 2.22. The van der Waals surface area contributed by atoms with Crippen molar-refractivity contribution in [3.8, 4) is 0 Å². The molecule has 13 heavy (non-hydrogen) atoms. The Morgan fingerprint density at radius 3 is 2.62 bits per heavy atom. The smallest absolute Gasteiger partial charge is 0.151 e. The molecule has 0 fully saturated rings. The third kappa shape index (κ3) is 1.94. The summed E-state index contributed by atoms with van der Waals surface area (Å²) in [5.41, 5.74) is 3.06. The molecule has 0 amide bonds. The van der Waals surface area contributed by atoms with Gasteiger partial charge in [0.15, 0.2) is 6.29 Å². The van der Waals surface area contributed by atoms with Crippen LogP contribution >= 0.6 is 0 Å². The number of aryl methyl sites for hydroxylation is 1. The van der Waals surface area contributed by atoms with Gasteiger partial charge in [-0.25, -0.2) is 0 Å². The largest absolute Gasteiger partial charge is 0.298 e. The third-order valence-corrected chi connectivity index (χ3v) is 2.19. The molecule has 0 aliphatic carbocycles. The molecule has 0 bridgehead atoms. The molecule has 1 aromatic heterocycles. The zero-order valence-corrected chi connectivity index (χ0v) is 8.37. The lowest BCUT2D eigenvalue weighted by molar-refractivity contribution is 0.112. The summed E-state index contributed by atoms with van der Waals surface area (Å²) in [6, 6.07) is 0. The molecule has 0 N–H and O–H groups in total. The van der Waals surface area contributed by atoms with Crippen molar-refractivity contribution in [2.24, 2.45) is 0 Å². The molecule has 1 rings (SSSR count). The van der Waals surface area contributed by atoms with Crippen molar-refractivity contribution in [2.45, 2.75) is 33.1 Å². The summed E-state index contributed by atoms with van der Waals surface area (Å²) >= 11 is 0. The van der Waals surface area contributed by atoms with Gasteiger partial charge in [0.25, 0.3) is 0 Å². The second kappa shape index (κ2) is 4.17. The number of carbonyl (C=O) groups is 1. The highest BCUT2D eigenvalue weighted by molar-refractivity contribution is 5.77. The van der Waals surface area contributed by atoms with Gasteiger partial charge in [-0.1, -0.05) is 20.8 Å². The van der Waals surface area contributed by atoms with Crippen LogP contribution in [0.1, 0.15) is 48.2 Å². The van der Waals surface area contributed by atoms with Crippen LogP contribution in [0, 0.1) is 0 Å². The fourth-order valence-electron chi connectivity index (χ4n) is 1.61. The van der Waals surface area contributed by atoms with Crippen LogP contribution in [0.5, 0.6) is 0 Å². The van der Waals surface area contributed by atoms with Crippen LogP contribution < -0.4 is 0 Å². The quantitative estimate of drug-likeness (QED) is 0.664. The second-order valence-electron chi connectivity index (χ2n) is 3.43. The Balaban J connectivity index is 3.29. The van der Waals surface area contributed by atoms with Gasteiger partial charge in [0.1, 0.15) is 0 Å². The third-order valence-electron chi connectivity index (χ3n) is 2.19. The van der Waals surface area contributed by atoms with E-state index in [2.05, 4.69) is 25.8 Å². The Hall–Kier alpha value is -1.18. The van der Waals surface area contributed by atoms with Crippen molar-refractivity contribution < 1.29 is 4.79 Å². The van der Waals surface area contributed by atoms with Crippen molar-refractivity contribution in [1.29, 1.82) is 0 Å². The zero-order chi connectivity index (χ0) is 9.84. The van der Waals surface area contributed by atoms with Gasteiger partial charge in [0, 0.05) is 18.0 Å². The van der Waals surface area contributed by atoms with Gasteiger partial charge >= 0.3 is 0 Å². The molecule has 0 unspecified atom stereocenters. The van der Waals surface area contributed by atoms with E-state index in [0.717, 1.165) is 23.8 Å². The summed E-state index contributed by atoms with van der Waals surface area (Å²) < 4.78 is 0. The molecule has 1 heterocycles. The van der Waals surface area contributed by atoms with E-state index in [1.807, 2.05) is 6.20 Å². The van der Waals surface area contributed by atoms with Crippen LogP contribution in [0.15, 0.2) is 12.4 Å². The van der Waals surface area contributed by atoms with E-state index in [9.17, 15) is 4.79 Å². The molecule has 0 saturated carbocycles. The second-order valence-corrected chi connectivity index (χ2v) is 3.43. The Bertz CT molecular complexity index is 305. The van der Waals surface area contributed by atoms with E-state index in [-0.39, 0.29) is 0 Å². The molecule has 0 aromatic carbocycles. The molecule has 2 nitrogen and oxygen atoms in total. The van der Waals surface area contributed by atoms with E-state index in [4.69, 9.17) is 0 Å². The maximum atomic E-state index is 10.8. The molecular formula is C11H15NO. The van der Waals surface area contributed by atoms with Crippen molar-refractivity contribution in [3.63, 3.8) is 0 Å². The van der Waals surface area contributed by atoms with Crippen LogP contribution in [0.25, 0.3) is 0 Å². The lowest BCUT2D eigenvalue weighted by Gasteiger charge is -2.12. The highest BCUT2D eigenvalue weighted by Gasteiger charge is 2.10. The SMILES string of the molecule is CCc1cncc(C=O)c1C(C)C. The first-order chi connectivity index (χ1) is 6.20. The molecule has 2 heteroatoms. The van der Waals surface area contributed by atoms with Crippen molar-refractivity contribution in [1.82, 2.24) is 4.98 Å².